The SMILES string of the molecule is CC(C)(C)OC(=O)NC[C@H]1CC[C@H](C(=O)N(C(=O)[C@@H](N)Cc2ccc(B3OC(C)(C)C(C)(C)O3)cc2)c2ccc3cn[nH]c3c2)CC1. The Kier molecular flexibility index (Phi) is 9.87. The van der Waals surface area contributed by atoms with Crippen molar-refractivity contribution >= 4 is 47.1 Å². The van der Waals surface area contributed by atoms with Crippen LogP contribution in [-0.2, 0) is 30.1 Å². The van der Waals surface area contributed by atoms with Crippen LogP contribution >= 0.6 is 0 Å². The Morgan fingerprint density at radius 2 is 1.68 bits per heavy atom. The minimum atomic E-state index is -0.950. The molecule has 252 valence electrons. The molecular weight excluding hydrogens is 597 g/mol. The lowest BCUT2D eigenvalue weighted by molar-refractivity contribution is -0.130. The van der Waals surface area contributed by atoms with Gasteiger partial charge in [0, 0.05) is 17.8 Å². The van der Waals surface area contributed by atoms with Gasteiger partial charge in [0.15, 0.2) is 0 Å². The first kappa shape index (κ1) is 34.6. The summed E-state index contributed by atoms with van der Waals surface area (Å²) in [6.07, 6.45) is 4.19. The van der Waals surface area contributed by atoms with Crippen LogP contribution in [0.15, 0.2) is 48.7 Å². The molecule has 2 aliphatic rings. The molecule has 3 aromatic rings. The zero-order chi connectivity index (χ0) is 34.1. The number of benzene rings is 2. The fraction of sp³-hybridized carbons (Fsp3) is 0.543. The van der Waals surface area contributed by atoms with Crippen LogP contribution in [0, 0.1) is 11.8 Å². The second kappa shape index (κ2) is 13.4. The third-order valence-electron chi connectivity index (χ3n) is 9.53. The van der Waals surface area contributed by atoms with E-state index in [0.717, 1.165) is 34.8 Å². The third-order valence-corrected chi connectivity index (χ3v) is 9.53. The van der Waals surface area contributed by atoms with E-state index in [4.69, 9.17) is 19.8 Å². The van der Waals surface area contributed by atoms with Crippen molar-refractivity contribution in [1.29, 1.82) is 0 Å². The molecule has 1 aliphatic heterocycles. The van der Waals surface area contributed by atoms with Crippen LogP contribution in [0.2, 0.25) is 0 Å². The molecule has 1 atom stereocenters. The molecule has 12 heteroatoms. The molecule has 5 rings (SSSR count). The maximum Gasteiger partial charge on any atom is 0.494 e. The fourth-order valence-corrected chi connectivity index (χ4v) is 6.06. The smallest absolute Gasteiger partial charge is 0.444 e. The standard InChI is InChI=1S/C35H48BN5O6/c1-33(2,3)45-32(44)38-20-23-8-12-24(13-9-23)30(42)41(27-17-14-25-21-39-40-29(25)19-27)31(43)28(37)18-22-10-15-26(16-11-22)36-46-34(4,5)35(6,7)47-36/h10-11,14-17,19,21,23-24,28H,8-9,12-13,18,20,37H2,1-7H3,(H,38,44)(H,39,40)/t23-,24-,28-/m0/s1. The van der Waals surface area contributed by atoms with E-state index >= 15 is 0 Å². The lowest BCUT2D eigenvalue weighted by Crippen LogP contribution is -2.50. The summed E-state index contributed by atoms with van der Waals surface area (Å²) in [5, 5.41) is 10.7. The first-order valence-electron chi connectivity index (χ1n) is 16.5. The summed E-state index contributed by atoms with van der Waals surface area (Å²) < 4.78 is 17.7. The summed E-state index contributed by atoms with van der Waals surface area (Å²) >= 11 is 0. The van der Waals surface area contributed by atoms with Gasteiger partial charge in [0.2, 0.25) is 5.91 Å². The molecule has 1 saturated heterocycles. The van der Waals surface area contributed by atoms with Gasteiger partial charge in [-0.1, -0.05) is 24.3 Å². The number of nitrogens with zero attached hydrogens (tertiary/aromatic N) is 2. The van der Waals surface area contributed by atoms with Gasteiger partial charge in [-0.25, -0.2) is 9.69 Å². The molecule has 2 aromatic carbocycles. The van der Waals surface area contributed by atoms with Crippen molar-refractivity contribution in [3.63, 3.8) is 0 Å². The van der Waals surface area contributed by atoms with E-state index in [1.165, 1.54) is 4.90 Å². The Morgan fingerprint density at radius 3 is 2.30 bits per heavy atom. The maximum atomic E-state index is 14.1. The molecule has 1 saturated carbocycles. The summed E-state index contributed by atoms with van der Waals surface area (Å²) in [5.74, 6) is -0.850. The summed E-state index contributed by atoms with van der Waals surface area (Å²) in [7, 11) is -0.488. The van der Waals surface area contributed by atoms with Crippen molar-refractivity contribution < 1.29 is 28.4 Å². The van der Waals surface area contributed by atoms with Crippen LogP contribution in [0.25, 0.3) is 10.9 Å². The van der Waals surface area contributed by atoms with E-state index in [9.17, 15) is 14.4 Å². The van der Waals surface area contributed by atoms with Gasteiger partial charge in [-0.3, -0.25) is 14.7 Å². The van der Waals surface area contributed by atoms with Gasteiger partial charge >= 0.3 is 13.2 Å². The topological polar surface area (TPSA) is 149 Å². The number of hydrogen-bond acceptors (Lipinski definition) is 8. The highest BCUT2D eigenvalue weighted by molar-refractivity contribution is 6.62. The number of amides is 3. The average Bonchev–Trinajstić information content (AvgIpc) is 3.55. The van der Waals surface area contributed by atoms with Crippen LogP contribution in [-0.4, -0.2) is 64.6 Å². The molecule has 1 aromatic heterocycles. The lowest BCUT2D eigenvalue weighted by atomic mass is 9.78. The normalized spacial score (nSPS) is 21.3. The summed E-state index contributed by atoms with van der Waals surface area (Å²) in [4.78, 5) is 41.5. The Balaban J connectivity index is 1.26. The average molecular weight is 646 g/mol. The largest absolute Gasteiger partial charge is 0.494 e. The Morgan fingerprint density at radius 1 is 1.04 bits per heavy atom. The van der Waals surface area contributed by atoms with E-state index in [-0.39, 0.29) is 24.2 Å². The van der Waals surface area contributed by atoms with E-state index < -0.39 is 42.0 Å². The van der Waals surface area contributed by atoms with Crippen LogP contribution < -0.4 is 21.4 Å². The minimum absolute atomic E-state index is 0.222. The predicted octanol–water partition coefficient (Wildman–Crippen LogP) is 4.62. The lowest BCUT2D eigenvalue weighted by Gasteiger charge is -2.32. The molecule has 3 amide bonds. The van der Waals surface area contributed by atoms with Crippen molar-refractivity contribution in [3.8, 4) is 0 Å². The minimum Gasteiger partial charge on any atom is -0.444 e. The van der Waals surface area contributed by atoms with Crippen LogP contribution in [0.3, 0.4) is 0 Å². The second-order valence-corrected chi connectivity index (χ2v) is 14.9. The highest BCUT2D eigenvalue weighted by Gasteiger charge is 2.51. The number of nitrogens with two attached hydrogens (primary N) is 1. The number of rotatable bonds is 8. The summed E-state index contributed by atoms with van der Waals surface area (Å²) in [5.41, 5.74) is 8.00. The van der Waals surface area contributed by atoms with Gasteiger partial charge in [0.05, 0.1) is 34.6 Å². The molecule has 0 radical (unpaired) electrons. The van der Waals surface area contributed by atoms with E-state index in [1.807, 2.05) is 78.8 Å². The number of ether oxygens (including phenoxy) is 1. The van der Waals surface area contributed by atoms with E-state index in [1.54, 1.807) is 18.3 Å². The van der Waals surface area contributed by atoms with Crippen LogP contribution in [0.5, 0.6) is 0 Å². The number of anilines is 1. The number of hydrogen-bond donors (Lipinski definition) is 3. The zero-order valence-electron chi connectivity index (χ0n) is 28.6. The van der Waals surface area contributed by atoms with Crippen molar-refractivity contribution in [3.05, 3.63) is 54.2 Å². The Hall–Kier alpha value is -3.74. The predicted molar refractivity (Wildman–Crippen MR) is 182 cm³/mol. The maximum absolute atomic E-state index is 14.1. The van der Waals surface area contributed by atoms with Crippen molar-refractivity contribution in [2.75, 3.05) is 11.4 Å². The van der Waals surface area contributed by atoms with Gasteiger partial charge in [-0.15, -0.1) is 0 Å². The first-order chi connectivity index (χ1) is 22.0. The third kappa shape index (κ3) is 8.05. The van der Waals surface area contributed by atoms with Crippen molar-refractivity contribution in [1.82, 2.24) is 15.5 Å². The molecule has 0 bridgehead atoms. The van der Waals surface area contributed by atoms with Gasteiger partial charge < -0.3 is 25.1 Å². The summed E-state index contributed by atoms with van der Waals surface area (Å²) in [6.45, 7) is 14.0. The number of nitrogens with one attached hydrogen (secondary N) is 2. The summed E-state index contributed by atoms with van der Waals surface area (Å²) in [6, 6.07) is 12.1. The molecule has 1 aliphatic carbocycles. The Labute approximate surface area is 277 Å². The fourth-order valence-electron chi connectivity index (χ4n) is 6.06. The molecule has 47 heavy (non-hydrogen) atoms. The number of fused-ring (bicyclic) bond motifs is 1. The number of alkyl carbamates (subject to hydrolysis) is 1. The molecule has 4 N–H and O–H groups in total. The first-order valence-corrected chi connectivity index (χ1v) is 16.5. The number of aromatic amines is 1. The van der Waals surface area contributed by atoms with Gasteiger partial charge in [0.25, 0.3) is 5.91 Å². The van der Waals surface area contributed by atoms with E-state index in [0.29, 0.717) is 25.1 Å². The van der Waals surface area contributed by atoms with Crippen LogP contribution in [0.1, 0.15) is 79.7 Å². The molecule has 0 unspecified atom stereocenters. The molecule has 11 nitrogen and oxygen atoms in total. The molecule has 2 fully saturated rings. The zero-order valence-corrected chi connectivity index (χ0v) is 28.6. The van der Waals surface area contributed by atoms with Crippen molar-refractivity contribution in [2.24, 2.45) is 17.6 Å². The number of carbonyl (C=O) groups is 3. The molecular formula is C35H48BN5O6. The van der Waals surface area contributed by atoms with Gasteiger partial charge in [-0.05, 0) is 116 Å². The molecule has 2 heterocycles. The van der Waals surface area contributed by atoms with Crippen molar-refractivity contribution in [2.45, 2.75) is 103 Å². The number of carbonyl (C=O) groups excluding carboxylic acids is 3. The quantitative estimate of drug-likeness (QED) is 0.301. The van der Waals surface area contributed by atoms with Gasteiger partial charge in [0.1, 0.15) is 5.60 Å². The Bertz CT molecular complexity index is 1570. The number of imide groups is 1. The highest BCUT2D eigenvalue weighted by atomic mass is 16.7. The highest BCUT2D eigenvalue weighted by Crippen LogP contribution is 2.36. The number of H-pyrrole nitrogens is 1. The molecule has 0 spiro atoms. The number of aromatic nitrogens is 2. The van der Waals surface area contributed by atoms with Gasteiger partial charge in [-0.2, -0.15) is 5.10 Å². The monoisotopic (exact) mass is 645 g/mol. The van der Waals surface area contributed by atoms with Crippen LogP contribution in [0.4, 0.5) is 10.5 Å². The van der Waals surface area contributed by atoms with E-state index in [2.05, 4.69) is 15.5 Å². The second-order valence-electron chi connectivity index (χ2n) is 14.9.